The number of anilines is 4. The SMILES string of the molecule is Cc1cccc(Nc2ccc(C(=O)Nc3ccccc3N3CCOCC3)cn2)c1. The minimum Gasteiger partial charge on any atom is -0.378 e. The number of aryl methyl sites for hydroxylation is 1. The van der Waals surface area contributed by atoms with E-state index >= 15 is 0 Å². The first-order valence-electron chi connectivity index (χ1n) is 9.72. The Hall–Kier alpha value is -3.38. The van der Waals surface area contributed by atoms with Crippen LogP contribution in [0.25, 0.3) is 0 Å². The summed E-state index contributed by atoms with van der Waals surface area (Å²) in [6, 6.07) is 19.5. The molecule has 29 heavy (non-hydrogen) atoms. The van der Waals surface area contributed by atoms with E-state index in [2.05, 4.69) is 20.5 Å². The van der Waals surface area contributed by atoms with E-state index in [1.54, 1.807) is 12.3 Å². The zero-order chi connectivity index (χ0) is 20.1. The van der Waals surface area contributed by atoms with Crippen molar-refractivity contribution in [3.8, 4) is 0 Å². The summed E-state index contributed by atoms with van der Waals surface area (Å²) in [5.41, 5.74) is 4.45. The molecule has 2 N–H and O–H groups in total. The molecular formula is C23H24N4O2. The van der Waals surface area contributed by atoms with Crippen LogP contribution in [0.2, 0.25) is 0 Å². The number of rotatable bonds is 5. The summed E-state index contributed by atoms with van der Waals surface area (Å²) >= 11 is 0. The largest absolute Gasteiger partial charge is 0.378 e. The molecular weight excluding hydrogens is 364 g/mol. The summed E-state index contributed by atoms with van der Waals surface area (Å²) in [5, 5.41) is 6.27. The second-order valence-electron chi connectivity index (χ2n) is 7.00. The van der Waals surface area contributed by atoms with E-state index in [1.807, 2.05) is 61.5 Å². The molecule has 148 valence electrons. The number of benzene rings is 2. The lowest BCUT2D eigenvalue weighted by molar-refractivity contribution is 0.102. The first-order chi connectivity index (χ1) is 14.2. The monoisotopic (exact) mass is 388 g/mol. The molecule has 0 bridgehead atoms. The first kappa shape index (κ1) is 19.0. The topological polar surface area (TPSA) is 66.5 Å². The third-order valence-corrected chi connectivity index (χ3v) is 4.82. The lowest BCUT2D eigenvalue weighted by atomic mass is 10.2. The second-order valence-corrected chi connectivity index (χ2v) is 7.00. The number of ether oxygens (including phenoxy) is 1. The molecule has 0 aliphatic carbocycles. The van der Waals surface area contributed by atoms with Gasteiger partial charge in [-0.25, -0.2) is 4.98 Å². The van der Waals surface area contributed by atoms with Gasteiger partial charge in [0.1, 0.15) is 5.82 Å². The second kappa shape index (κ2) is 8.75. The van der Waals surface area contributed by atoms with E-state index in [-0.39, 0.29) is 5.91 Å². The molecule has 4 rings (SSSR count). The minimum absolute atomic E-state index is 0.180. The summed E-state index contributed by atoms with van der Waals surface area (Å²) in [7, 11) is 0. The third-order valence-electron chi connectivity index (χ3n) is 4.82. The molecule has 0 radical (unpaired) electrons. The van der Waals surface area contributed by atoms with Gasteiger partial charge in [-0.2, -0.15) is 0 Å². The van der Waals surface area contributed by atoms with Crippen LogP contribution in [-0.4, -0.2) is 37.2 Å². The van der Waals surface area contributed by atoms with Crippen LogP contribution >= 0.6 is 0 Å². The van der Waals surface area contributed by atoms with Crippen LogP contribution in [0.5, 0.6) is 0 Å². The highest BCUT2D eigenvalue weighted by molar-refractivity contribution is 6.05. The summed E-state index contributed by atoms with van der Waals surface area (Å²) in [5.74, 6) is 0.515. The molecule has 6 heteroatoms. The highest BCUT2D eigenvalue weighted by Crippen LogP contribution is 2.27. The van der Waals surface area contributed by atoms with Crippen LogP contribution in [0.3, 0.4) is 0 Å². The van der Waals surface area contributed by atoms with Gasteiger partial charge in [-0.05, 0) is 48.9 Å². The maximum absolute atomic E-state index is 12.7. The zero-order valence-electron chi connectivity index (χ0n) is 16.4. The first-order valence-corrected chi connectivity index (χ1v) is 9.72. The fourth-order valence-corrected chi connectivity index (χ4v) is 3.33. The van der Waals surface area contributed by atoms with Crippen molar-refractivity contribution in [2.75, 3.05) is 41.8 Å². The molecule has 0 unspecified atom stereocenters. The van der Waals surface area contributed by atoms with Crippen molar-refractivity contribution in [2.24, 2.45) is 0 Å². The predicted molar refractivity (Wildman–Crippen MR) is 116 cm³/mol. The molecule has 2 heterocycles. The van der Waals surface area contributed by atoms with E-state index in [0.717, 1.165) is 30.2 Å². The number of hydrogen-bond donors (Lipinski definition) is 2. The molecule has 1 saturated heterocycles. The molecule has 1 aliphatic rings. The van der Waals surface area contributed by atoms with Crippen molar-refractivity contribution in [1.29, 1.82) is 0 Å². The molecule has 2 aromatic carbocycles. The van der Waals surface area contributed by atoms with Crippen molar-refractivity contribution in [3.05, 3.63) is 78.0 Å². The third kappa shape index (κ3) is 4.73. The number of amides is 1. The Balaban J connectivity index is 1.45. The highest BCUT2D eigenvalue weighted by Gasteiger charge is 2.16. The van der Waals surface area contributed by atoms with Gasteiger partial charge >= 0.3 is 0 Å². The van der Waals surface area contributed by atoms with Gasteiger partial charge < -0.3 is 20.3 Å². The van der Waals surface area contributed by atoms with E-state index < -0.39 is 0 Å². The minimum atomic E-state index is -0.180. The molecule has 1 aliphatic heterocycles. The van der Waals surface area contributed by atoms with Crippen LogP contribution in [-0.2, 0) is 4.74 Å². The number of para-hydroxylation sites is 2. The van der Waals surface area contributed by atoms with Gasteiger partial charge in [0.2, 0.25) is 0 Å². The Morgan fingerprint density at radius 1 is 1.03 bits per heavy atom. The van der Waals surface area contributed by atoms with Gasteiger partial charge in [-0.15, -0.1) is 0 Å². The normalized spacial score (nSPS) is 13.8. The fraction of sp³-hybridized carbons (Fsp3) is 0.217. The number of morpholine rings is 1. The van der Waals surface area contributed by atoms with Crippen molar-refractivity contribution in [3.63, 3.8) is 0 Å². The Morgan fingerprint density at radius 3 is 2.62 bits per heavy atom. The van der Waals surface area contributed by atoms with E-state index in [9.17, 15) is 4.79 Å². The molecule has 1 aromatic heterocycles. The average molecular weight is 388 g/mol. The van der Waals surface area contributed by atoms with Gasteiger partial charge in [0.05, 0.1) is 30.2 Å². The van der Waals surface area contributed by atoms with E-state index in [4.69, 9.17) is 4.74 Å². The number of aromatic nitrogens is 1. The van der Waals surface area contributed by atoms with Crippen molar-refractivity contribution < 1.29 is 9.53 Å². The predicted octanol–water partition coefficient (Wildman–Crippen LogP) is 4.22. The van der Waals surface area contributed by atoms with Crippen LogP contribution in [0.4, 0.5) is 22.9 Å². The van der Waals surface area contributed by atoms with Gasteiger partial charge in [0, 0.05) is 25.0 Å². The Kier molecular flexibility index (Phi) is 5.72. The number of hydrogen-bond acceptors (Lipinski definition) is 5. The summed E-state index contributed by atoms with van der Waals surface area (Å²) < 4.78 is 5.43. The summed E-state index contributed by atoms with van der Waals surface area (Å²) in [4.78, 5) is 19.4. The number of carbonyl (C=O) groups is 1. The number of nitrogens with zero attached hydrogens (tertiary/aromatic N) is 2. The van der Waals surface area contributed by atoms with Crippen LogP contribution < -0.4 is 15.5 Å². The fourth-order valence-electron chi connectivity index (χ4n) is 3.33. The average Bonchev–Trinajstić information content (AvgIpc) is 2.75. The molecule has 0 atom stereocenters. The molecule has 0 saturated carbocycles. The molecule has 0 spiro atoms. The lowest BCUT2D eigenvalue weighted by Crippen LogP contribution is -2.36. The Labute approximate surface area is 170 Å². The van der Waals surface area contributed by atoms with Gasteiger partial charge in [0.25, 0.3) is 5.91 Å². The molecule has 6 nitrogen and oxygen atoms in total. The summed E-state index contributed by atoms with van der Waals surface area (Å²) in [6.45, 7) is 5.06. The van der Waals surface area contributed by atoms with Gasteiger partial charge in [-0.3, -0.25) is 4.79 Å². The zero-order valence-corrected chi connectivity index (χ0v) is 16.4. The smallest absolute Gasteiger partial charge is 0.257 e. The van der Waals surface area contributed by atoms with Crippen molar-refractivity contribution in [1.82, 2.24) is 4.98 Å². The van der Waals surface area contributed by atoms with Crippen LogP contribution in [0.1, 0.15) is 15.9 Å². The quantitative estimate of drug-likeness (QED) is 0.685. The van der Waals surface area contributed by atoms with E-state index in [1.165, 1.54) is 5.56 Å². The lowest BCUT2D eigenvalue weighted by Gasteiger charge is -2.30. The molecule has 1 fully saturated rings. The van der Waals surface area contributed by atoms with Crippen molar-refractivity contribution in [2.45, 2.75) is 6.92 Å². The molecule has 1 amide bonds. The highest BCUT2D eigenvalue weighted by atomic mass is 16.5. The number of pyridine rings is 1. The Bertz CT molecular complexity index is 982. The number of carbonyl (C=O) groups excluding carboxylic acids is 1. The van der Waals surface area contributed by atoms with Gasteiger partial charge in [-0.1, -0.05) is 24.3 Å². The standard InChI is InChI=1S/C23H24N4O2/c1-17-5-4-6-19(15-17)25-22-10-9-18(16-24-22)23(28)26-20-7-2-3-8-21(20)27-11-13-29-14-12-27/h2-10,15-16H,11-14H2,1H3,(H,24,25)(H,26,28). The summed E-state index contributed by atoms with van der Waals surface area (Å²) in [6.07, 6.45) is 1.59. The number of nitrogens with one attached hydrogen (secondary N) is 2. The Morgan fingerprint density at radius 2 is 1.86 bits per heavy atom. The maximum Gasteiger partial charge on any atom is 0.257 e. The van der Waals surface area contributed by atoms with Crippen molar-refractivity contribution >= 4 is 28.8 Å². The van der Waals surface area contributed by atoms with Crippen LogP contribution in [0, 0.1) is 6.92 Å². The maximum atomic E-state index is 12.7. The van der Waals surface area contributed by atoms with E-state index in [0.29, 0.717) is 24.6 Å². The van der Waals surface area contributed by atoms with Gasteiger partial charge in [0.15, 0.2) is 0 Å². The molecule has 3 aromatic rings. The van der Waals surface area contributed by atoms with Crippen LogP contribution in [0.15, 0.2) is 66.9 Å².